The van der Waals surface area contributed by atoms with Gasteiger partial charge in [-0.2, -0.15) is 0 Å². The summed E-state index contributed by atoms with van der Waals surface area (Å²) in [6.45, 7) is 6.96. The van der Waals surface area contributed by atoms with Crippen molar-refractivity contribution in [2.75, 3.05) is 20.3 Å². The molecule has 1 heterocycles. The molecule has 1 amide bonds. The average molecular weight is 240 g/mol. The molecular formula is C12H20N2O3. The molecule has 0 atom stereocenters. The van der Waals surface area contributed by atoms with Crippen molar-refractivity contribution in [2.24, 2.45) is 0 Å². The second-order valence-corrected chi connectivity index (χ2v) is 4.26. The van der Waals surface area contributed by atoms with Crippen molar-refractivity contribution < 1.29 is 14.1 Å². The number of carbonyl (C=O) groups is 1. The van der Waals surface area contributed by atoms with Crippen LogP contribution in [0.25, 0.3) is 0 Å². The standard InChI is InChI=1S/C12H20N2O3/c1-8(2)11-10(9(3)14-17-11)12(15)13-6-5-7-16-4/h8H,5-7H2,1-4H3,(H,13,15). The first-order valence-corrected chi connectivity index (χ1v) is 5.81. The van der Waals surface area contributed by atoms with Crippen molar-refractivity contribution in [2.45, 2.75) is 33.1 Å². The number of rotatable bonds is 6. The zero-order chi connectivity index (χ0) is 12.8. The molecule has 0 fully saturated rings. The van der Waals surface area contributed by atoms with Gasteiger partial charge in [0.15, 0.2) is 5.76 Å². The van der Waals surface area contributed by atoms with Gasteiger partial charge in [0.05, 0.1) is 5.69 Å². The third kappa shape index (κ3) is 3.56. The molecule has 0 aliphatic heterocycles. The van der Waals surface area contributed by atoms with Crippen LogP contribution in [0.3, 0.4) is 0 Å². The Kier molecular flexibility index (Phi) is 5.15. The van der Waals surface area contributed by atoms with E-state index in [1.807, 2.05) is 13.8 Å². The van der Waals surface area contributed by atoms with Gasteiger partial charge < -0.3 is 14.6 Å². The van der Waals surface area contributed by atoms with Crippen molar-refractivity contribution >= 4 is 5.91 Å². The second-order valence-electron chi connectivity index (χ2n) is 4.26. The zero-order valence-corrected chi connectivity index (χ0v) is 10.9. The van der Waals surface area contributed by atoms with Gasteiger partial charge in [-0.05, 0) is 13.3 Å². The first-order valence-electron chi connectivity index (χ1n) is 5.81. The van der Waals surface area contributed by atoms with E-state index in [-0.39, 0.29) is 11.8 Å². The summed E-state index contributed by atoms with van der Waals surface area (Å²) in [5.41, 5.74) is 1.20. The van der Waals surface area contributed by atoms with Crippen LogP contribution in [0.1, 0.15) is 48.0 Å². The molecule has 5 heteroatoms. The molecule has 1 rings (SSSR count). The minimum absolute atomic E-state index is 0.122. The highest BCUT2D eigenvalue weighted by Crippen LogP contribution is 2.21. The van der Waals surface area contributed by atoms with Crippen molar-refractivity contribution in [3.05, 3.63) is 17.0 Å². The topological polar surface area (TPSA) is 64.4 Å². The fourth-order valence-electron chi connectivity index (χ4n) is 1.56. The van der Waals surface area contributed by atoms with Gasteiger partial charge in [-0.3, -0.25) is 4.79 Å². The number of hydrogen-bond donors (Lipinski definition) is 1. The largest absolute Gasteiger partial charge is 0.385 e. The van der Waals surface area contributed by atoms with Crippen molar-refractivity contribution in [3.8, 4) is 0 Å². The van der Waals surface area contributed by atoms with Gasteiger partial charge in [0.1, 0.15) is 5.56 Å². The Labute approximate surface area is 102 Å². The zero-order valence-electron chi connectivity index (χ0n) is 10.9. The molecule has 0 unspecified atom stereocenters. The summed E-state index contributed by atoms with van der Waals surface area (Å²) >= 11 is 0. The molecule has 1 N–H and O–H groups in total. The van der Waals surface area contributed by atoms with Crippen molar-refractivity contribution in [1.82, 2.24) is 10.5 Å². The average Bonchev–Trinajstić information content (AvgIpc) is 2.66. The first-order chi connectivity index (χ1) is 8.07. The van der Waals surface area contributed by atoms with E-state index in [2.05, 4.69) is 10.5 Å². The molecule has 0 radical (unpaired) electrons. The van der Waals surface area contributed by atoms with Gasteiger partial charge in [-0.1, -0.05) is 19.0 Å². The minimum Gasteiger partial charge on any atom is -0.385 e. The summed E-state index contributed by atoms with van der Waals surface area (Å²) in [5, 5.41) is 6.68. The molecule has 96 valence electrons. The van der Waals surface area contributed by atoms with E-state index < -0.39 is 0 Å². The summed E-state index contributed by atoms with van der Waals surface area (Å²) in [6.07, 6.45) is 0.795. The summed E-state index contributed by atoms with van der Waals surface area (Å²) in [7, 11) is 1.64. The van der Waals surface area contributed by atoms with E-state index >= 15 is 0 Å². The highest BCUT2D eigenvalue weighted by molar-refractivity contribution is 5.96. The van der Waals surface area contributed by atoms with E-state index in [1.54, 1.807) is 14.0 Å². The number of amides is 1. The van der Waals surface area contributed by atoms with E-state index in [0.717, 1.165) is 6.42 Å². The predicted octanol–water partition coefficient (Wildman–Crippen LogP) is 1.87. The maximum Gasteiger partial charge on any atom is 0.256 e. The summed E-state index contributed by atoms with van der Waals surface area (Å²) in [6, 6.07) is 0. The van der Waals surface area contributed by atoms with Crippen LogP contribution in [0.4, 0.5) is 0 Å². The lowest BCUT2D eigenvalue weighted by atomic mass is 10.0. The molecule has 1 aromatic heterocycles. The van der Waals surface area contributed by atoms with Gasteiger partial charge in [0.2, 0.25) is 0 Å². The van der Waals surface area contributed by atoms with Crippen LogP contribution < -0.4 is 5.32 Å². The Morgan fingerprint density at radius 3 is 2.82 bits per heavy atom. The molecule has 0 saturated carbocycles. The quantitative estimate of drug-likeness (QED) is 0.771. The Bertz CT molecular complexity index is 372. The van der Waals surface area contributed by atoms with Gasteiger partial charge in [-0.15, -0.1) is 0 Å². The van der Waals surface area contributed by atoms with Crippen LogP contribution in [-0.2, 0) is 4.74 Å². The fourth-order valence-corrected chi connectivity index (χ4v) is 1.56. The number of nitrogens with zero attached hydrogens (tertiary/aromatic N) is 1. The molecule has 0 saturated heterocycles. The molecule has 1 aromatic rings. The number of aryl methyl sites for hydroxylation is 1. The normalized spacial score (nSPS) is 10.9. The lowest BCUT2D eigenvalue weighted by molar-refractivity contribution is 0.0945. The molecule has 5 nitrogen and oxygen atoms in total. The second kappa shape index (κ2) is 6.39. The number of hydrogen-bond acceptors (Lipinski definition) is 4. The highest BCUT2D eigenvalue weighted by Gasteiger charge is 2.21. The fraction of sp³-hybridized carbons (Fsp3) is 0.667. The van der Waals surface area contributed by atoms with Crippen LogP contribution in [0.5, 0.6) is 0 Å². The first kappa shape index (κ1) is 13.7. The third-order valence-electron chi connectivity index (χ3n) is 2.45. The van der Waals surface area contributed by atoms with Crippen LogP contribution >= 0.6 is 0 Å². The smallest absolute Gasteiger partial charge is 0.256 e. The van der Waals surface area contributed by atoms with Gasteiger partial charge >= 0.3 is 0 Å². The van der Waals surface area contributed by atoms with Crippen LogP contribution in [0.2, 0.25) is 0 Å². The lowest BCUT2D eigenvalue weighted by Gasteiger charge is -2.06. The lowest BCUT2D eigenvalue weighted by Crippen LogP contribution is -2.26. The molecule has 0 aliphatic rings. The monoisotopic (exact) mass is 240 g/mol. The molecule has 0 bridgehead atoms. The highest BCUT2D eigenvalue weighted by atomic mass is 16.5. The van der Waals surface area contributed by atoms with Crippen molar-refractivity contribution in [1.29, 1.82) is 0 Å². The number of ether oxygens (including phenoxy) is 1. The SMILES string of the molecule is COCCCNC(=O)c1c(C)noc1C(C)C. The number of carbonyl (C=O) groups excluding carboxylic acids is 1. The number of methoxy groups -OCH3 is 1. The van der Waals surface area contributed by atoms with E-state index in [4.69, 9.17) is 9.26 Å². The maximum absolute atomic E-state index is 12.0. The molecular weight excluding hydrogens is 220 g/mol. The van der Waals surface area contributed by atoms with Gasteiger partial charge in [0, 0.05) is 26.2 Å². The summed E-state index contributed by atoms with van der Waals surface area (Å²) in [4.78, 5) is 12.0. The third-order valence-corrected chi connectivity index (χ3v) is 2.45. The van der Waals surface area contributed by atoms with Crippen LogP contribution in [0.15, 0.2) is 4.52 Å². The molecule has 0 spiro atoms. The predicted molar refractivity (Wildman–Crippen MR) is 64.2 cm³/mol. The Hall–Kier alpha value is -1.36. The van der Waals surface area contributed by atoms with Gasteiger partial charge in [0.25, 0.3) is 5.91 Å². The molecule has 0 aliphatic carbocycles. The Morgan fingerprint density at radius 2 is 2.24 bits per heavy atom. The van der Waals surface area contributed by atoms with Crippen molar-refractivity contribution in [3.63, 3.8) is 0 Å². The number of nitrogens with one attached hydrogen (secondary N) is 1. The van der Waals surface area contributed by atoms with E-state index in [1.165, 1.54) is 0 Å². The minimum atomic E-state index is -0.122. The van der Waals surface area contributed by atoms with Crippen LogP contribution in [0, 0.1) is 6.92 Å². The molecule has 0 aromatic carbocycles. The summed E-state index contributed by atoms with van der Waals surface area (Å²) < 4.78 is 10.1. The molecule has 17 heavy (non-hydrogen) atoms. The Morgan fingerprint density at radius 1 is 1.53 bits per heavy atom. The Balaban J connectivity index is 2.65. The van der Waals surface area contributed by atoms with Crippen LogP contribution in [-0.4, -0.2) is 31.3 Å². The van der Waals surface area contributed by atoms with E-state index in [9.17, 15) is 4.79 Å². The maximum atomic E-state index is 12.0. The van der Waals surface area contributed by atoms with Gasteiger partial charge in [-0.25, -0.2) is 0 Å². The van der Waals surface area contributed by atoms with E-state index in [0.29, 0.717) is 30.2 Å². The summed E-state index contributed by atoms with van der Waals surface area (Å²) in [5.74, 6) is 0.672. The number of aromatic nitrogens is 1.